The van der Waals surface area contributed by atoms with Gasteiger partial charge in [0.15, 0.2) is 0 Å². The van der Waals surface area contributed by atoms with E-state index in [-0.39, 0.29) is 17.8 Å². The third-order valence-electron chi connectivity index (χ3n) is 5.17. The number of hydrogen-bond donors (Lipinski definition) is 1. The molecular weight excluding hydrogens is 302 g/mol. The van der Waals surface area contributed by atoms with Gasteiger partial charge in [0, 0.05) is 12.3 Å². The second-order valence-corrected chi connectivity index (χ2v) is 7.13. The maximum atomic E-state index is 12.6. The molecule has 1 fully saturated rings. The Balaban J connectivity index is 1.94. The fourth-order valence-electron chi connectivity index (χ4n) is 3.52. The molecule has 2 rings (SSSR count). The fourth-order valence-corrected chi connectivity index (χ4v) is 3.52. The van der Waals surface area contributed by atoms with Gasteiger partial charge in [-0.15, -0.1) is 0 Å². The molecule has 132 valence electrons. The van der Waals surface area contributed by atoms with Gasteiger partial charge < -0.3 is 10.1 Å². The van der Waals surface area contributed by atoms with Crippen LogP contribution in [0, 0.1) is 17.8 Å². The van der Waals surface area contributed by atoms with Gasteiger partial charge >= 0.3 is 5.97 Å². The zero-order chi connectivity index (χ0) is 17.5. The predicted octanol–water partition coefficient (Wildman–Crippen LogP) is 3.35. The zero-order valence-corrected chi connectivity index (χ0v) is 15.0. The van der Waals surface area contributed by atoms with E-state index in [0.29, 0.717) is 12.3 Å². The van der Waals surface area contributed by atoms with Gasteiger partial charge in [-0.1, -0.05) is 44.2 Å². The molecule has 1 aromatic rings. The first-order valence-corrected chi connectivity index (χ1v) is 8.93. The largest absolute Gasteiger partial charge is 0.467 e. The molecule has 4 heteroatoms. The summed E-state index contributed by atoms with van der Waals surface area (Å²) >= 11 is 0. The van der Waals surface area contributed by atoms with E-state index in [4.69, 9.17) is 4.74 Å². The van der Waals surface area contributed by atoms with Gasteiger partial charge in [-0.2, -0.15) is 0 Å². The van der Waals surface area contributed by atoms with Crippen LogP contribution in [0.4, 0.5) is 0 Å². The second kappa shape index (κ2) is 8.86. The van der Waals surface area contributed by atoms with Gasteiger partial charge in [-0.25, -0.2) is 4.79 Å². The summed E-state index contributed by atoms with van der Waals surface area (Å²) in [5.74, 6) is 1.01. The van der Waals surface area contributed by atoms with Gasteiger partial charge in [0.05, 0.1) is 7.11 Å². The Morgan fingerprint density at radius 2 is 1.75 bits per heavy atom. The van der Waals surface area contributed by atoms with E-state index in [1.807, 2.05) is 30.3 Å². The molecule has 1 aromatic carbocycles. The third kappa shape index (κ3) is 5.08. The summed E-state index contributed by atoms with van der Waals surface area (Å²) in [6, 6.07) is 9.08. The second-order valence-electron chi connectivity index (χ2n) is 7.13. The first kappa shape index (κ1) is 18.5. The highest BCUT2D eigenvalue weighted by Crippen LogP contribution is 2.33. The Labute approximate surface area is 145 Å². The fraction of sp³-hybridized carbons (Fsp3) is 0.600. The van der Waals surface area contributed by atoms with E-state index in [1.54, 1.807) is 0 Å². The van der Waals surface area contributed by atoms with E-state index in [2.05, 4.69) is 19.2 Å². The van der Waals surface area contributed by atoms with E-state index in [9.17, 15) is 9.59 Å². The van der Waals surface area contributed by atoms with E-state index in [1.165, 1.54) is 7.11 Å². The van der Waals surface area contributed by atoms with Crippen LogP contribution in [-0.4, -0.2) is 25.0 Å². The zero-order valence-electron chi connectivity index (χ0n) is 15.0. The van der Waals surface area contributed by atoms with E-state index >= 15 is 0 Å². The average Bonchev–Trinajstić information content (AvgIpc) is 2.61. The first-order chi connectivity index (χ1) is 11.5. The highest BCUT2D eigenvalue weighted by molar-refractivity contribution is 5.86. The number of carbonyl (C=O) groups is 2. The molecule has 0 saturated heterocycles. The summed E-state index contributed by atoms with van der Waals surface area (Å²) in [6.07, 6.45) is 4.47. The van der Waals surface area contributed by atoms with Crippen molar-refractivity contribution in [1.29, 1.82) is 0 Å². The number of methoxy groups -OCH3 is 1. The monoisotopic (exact) mass is 331 g/mol. The van der Waals surface area contributed by atoms with Crippen molar-refractivity contribution in [2.45, 2.75) is 52.0 Å². The lowest BCUT2D eigenvalue weighted by molar-refractivity contribution is -0.145. The van der Waals surface area contributed by atoms with Crippen LogP contribution in [0.1, 0.15) is 45.1 Å². The number of rotatable bonds is 6. The van der Waals surface area contributed by atoms with Crippen LogP contribution in [0.2, 0.25) is 0 Å². The summed E-state index contributed by atoms with van der Waals surface area (Å²) in [5.41, 5.74) is 1.01. The van der Waals surface area contributed by atoms with Gasteiger partial charge in [0.25, 0.3) is 0 Å². The lowest BCUT2D eigenvalue weighted by atomic mass is 9.76. The predicted molar refractivity (Wildman–Crippen MR) is 94.4 cm³/mol. The van der Waals surface area contributed by atoms with Crippen molar-refractivity contribution >= 4 is 11.9 Å². The minimum atomic E-state index is -0.618. The molecule has 0 radical (unpaired) electrons. The molecule has 0 unspecified atom stereocenters. The van der Waals surface area contributed by atoms with Crippen molar-refractivity contribution in [3.63, 3.8) is 0 Å². The van der Waals surface area contributed by atoms with Crippen molar-refractivity contribution in [2.75, 3.05) is 7.11 Å². The number of amides is 1. The molecule has 1 atom stereocenters. The van der Waals surface area contributed by atoms with Crippen LogP contribution in [0.5, 0.6) is 0 Å². The van der Waals surface area contributed by atoms with Crippen molar-refractivity contribution in [2.24, 2.45) is 17.8 Å². The first-order valence-electron chi connectivity index (χ1n) is 8.93. The summed E-state index contributed by atoms with van der Waals surface area (Å²) in [4.78, 5) is 24.6. The van der Waals surface area contributed by atoms with Crippen molar-refractivity contribution < 1.29 is 14.3 Å². The van der Waals surface area contributed by atoms with Gasteiger partial charge in [-0.3, -0.25) is 4.79 Å². The number of carbonyl (C=O) groups excluding carboxylic acids is 2. The quantitative estimate of drug-likeness (QED) is 0.813. The highest BCUT2D eigenvalue weighted by atomic mass is 16.5. The lowest BCUT2D eigenvalue weighted by Crippen LogP contribution is -2.46. The van der Waals surface area contributed by atoms with Crippen LogP contribution < -0.4 is 5.32 Å². The normalized spacial score (nSPS) is 22.0. The summed E-state index contributed by atoms with van der Waals surface area (Å²) < 4.78 is 4.87. The van der Waals surface area contributed by atoms with E-state index in [0.717, 1.165) is 37.2 Å². The number of benzene rings is 1. The molecule has 0 aromatic heterocycles. The third-order valence-corrected chi connectivity index (χ3v) is 5.17. The summed E-state index contributed by atoms with van der Waals surface area (Å²) in [5, 5.41) is 2.92. The van der Waals surface area contributed by atoms with Crippen LogP contribution in [-0.2, 0) is 20.7 Å². The van der Waals surface area contributed by atoms with Gasteiger partial charge in [-0.05, 0) is 43.1 Å². The maximum absolute atomic E-state index is 12.6. The molecule has 0 aliphatic heterocycles. The molecule has 1 aliphatic carbocycles. The Bertz CT molecular complexity index is 533. The van der Waals surface area contributed by atoms with Gasteiger partial charge in [0.1, 0.15) is 6.04 Å². The Morgan fingerprint density at radius 1 is 1.12 bits per heavy atom. The maximum Gasteiger partial charge on any atom is 0.328 e. The number of nitrogens with one attached hydrogen (secondary N) is 1. The molecule has 1 saturated carbocycles. The molecule has 24 heavy (non-hydrogen) atoms. The lowest BCUT2D eigenvalue weighted by Gasteiger charge is -2.31. The number of esters is 1. The minimum Gasteiger partial charge on any atom is -0.467 e. The SMILES string of the molecule is COC(=O)[C@@H](Cc1ccccc1)NC(=O)C1CCC(C(C)C)CC1. The van der Waals surface area contributed by atoms with Crippen LogP contribution in [0.3, 0.4) is 0 Å². The minimum absolute atomic E-state index is 0.0106. The molecule has 0 heterocycles. The van der Waals surface area contributed by atoms with Crippen LogP contribution in [0.25, 0.3) is 0 Å². The molecule has 1 amide bonds. The molecule has 1 N–H and O–H groups in total. The van der Waals surface area contributed by atoms with Crippen molar-refractivity contribution in [3.05, 3.63) is 35.9 Å². The van der Waals surface area contributed by atoms with Crippen LogP contribution >= 0.6 is 0 Å². The number of hydrogen-bond acceptors (Lipinski definition) is 3. The molecule has 4 nitrogen and oxygen atoms in total. The molecular formula is C20H29NO3. The van der Waals surface area contributed by atoms with Crippen LogP contribution in [0.15, 0.2) is 30.3 Å². The van der Waals surface area contributed by atoms with Gasteiger partial charge in [0.2, 0.25) is 5.91 Å². The standard InChI is InChI=1S/C20H29NO3/c1-14(2)16-9-11-17(12-10-16)19(22)21-18(20(23)24-3)13-15-7-5-4-6-8-15/h4-8,14,16-18H,9-13H2,1-3H3,(H,21,22)/t16?,17?,18-/m1/s1. The van der Waals surface area contributed by atoms with Crippen molar-refractivity contribution in [1.82, 2.24) is 5.32 Å². The average molecular weight is 331 g/mol. The Kier molecular flexibility index (Phi) is 6.83. The van der Waals surface area contributed by atoms with E-state index < -0.39 is 6.04 Å². The Hall–Kier alpha value is -1.84. The molecule has 0 bridgehead atoms. The summed E-state index contributed by atoms with van der Waals surface area (Å²) in [6.45, 7) is 4.50. The molecule has 1 aliphatic rings. The smallest absolute Gasteiger partial charge is 0.328 e. The number of ether oxygens (including phenoxy) is 1. The Morgan fingerprint density at radius 3 is 2.29 bits per heavy atom. The highest BCUT2D eigenvalue weighted by Gasteiger charge is 2.30. The molecule has 0 spiro atoms. The topological polar surface area (TPSA) is 55.4 Å². The summed E-state index contributed by atoms with van der Waals surface area (Å²) in [7, 11) is 1.36. The van der Waals surface area contributed by atoms with Crippen molar-refractivity contribution in [3.8, 4) is 0 Å².